The Morgan fingerprint density at radius 2 is 1.48 bits per heavy atom. The molecule has 25 heavy (non-hydrogen) atoms. The second-order valence-corrected chi connectivity index (χ2v) is 8.18. The molecule has 0 unspecified atom stereocenters. The lowest BCUT2D eigenvalue weighted by molar-refractivity contribution is 0.465. The third-order valence-electron chi connectivity index (χ3n) is 4.73. The van der Waals surface area contributed by atoms with Crippen molar-refractivity contribution in [3.8, 4) is 11.1 Å². The number of hydrogen-bond acceptors (Lipinski definition) is 1. The van der Waals surface area contributed by atoms with E-state index in [1.165, 1.54) is 33.2 Å². The summed E-state index contributed by atoms with van der Waals surface area (Å²) in [5.74, 6) is 0. The van der Waals surface area contributed by atoms with E-state index in [0.29, 0.717) is 6.04 Å². The largest absolute Gasteiger partial charge is 0.364 e. The molecule has 0 N–H and O–H groups in total. The highest BCUT2D eigenvalue weighted by atomic mass is 15.2. The Bertz CT molecular complexity index is 879. The number of anilines is 1. The van der Waals surface area contributed by atoms with Gasteiger partial charge < -0.3 is 4.90 Å². The van der Waals surface area contributed by atoms with Gasteiger partial charge in [-0.15, -0.1) is 0 Å². The third kappa shape index (κ3) is 3.42. The predicted molar refractivity (Wildman–Crippen MR) is 111 cm³/mol. The fraction of sp³-hybridized carbons (Fsp3) is 0.333. The number of hydrogen-bond donors (Lipinski definition) is 0. The molecule has 0 radical (unpaired) electrons. The lowest BCUT2D eigenvalue weighted by Gasteiger charge is -2.42. The van der Waals surface area contributed by atoms with Crippen molar-refractivity contribution in [3.05, 3.63) is 66.2 Å². The molecule has 0 heterocycles. The summed E-state index contributed by atoms with van der Waals surface area (Å²) in [4.78, 5) is 2.53. The second-order valence-electron chi connectivity index (χ2n) is 8.18. The third-order valence-corrected chi connectivity index (χ3v) is 4.73. The molecule has 1 heteroatoms. The van der Waals surface area contributed by atoms with Crippen LogP contribution in [0.25, 0.3) is 21.9 Å². The van der Waals surface area contributed by atoms with Crippen molar-refractivity contribution in [2.24, 2.45) is 0 Å². The first-order valence-corrected chi connectivity index (χ1v) is 9.17. The van der Waals surface area contributed by atoms with Crippen LogP contribution in [-0.2, 0) is 0 Å². The first-order valence-electron chi connectivity index (χ1n) is 9.17. The van der Waals surface area contributed by atoms with Crippen molar-refractivity contribution < 1.29 is 0 Å². The van der Waals surface area contributed by atoms with Gasteiger partial charge in [0.25, 0.3) is 0 Å². The molecule has 0 spiro atoms. The topological polar surface area (TPSA) is 3.24 Å². The van der Waals surface area contributed by atoms with Crippen molar-refractivity contribution in [1.29, 1.82) is 0 Å². The molecule has 130 valence electrons. The molecule has 0 aliphatic heterocycles. The van der Waals surface area contributed by atoms with Crippen LogP contribution in [0.15, 0.2) is 60.7 Å². The molecule has 0 bridgehead atoms. The first-order chi connectivity index (χ1) is 11.8. The molecule has 0 aliphatic rings. The average molecular weight is 332 g/mol. The Hall–Kier alpha value is -2.28. The lowest BCUT2D eigenvalue weighted by atomic mass is 9.93. The van der Waals surface area contributed by atoms with E-state index in [2.05, 4.69) is 107 Å². The summed E-state index contributed by atoms with van der Waals surface area (Å²) in [6.45, 7) is 13.6. The predicted octanol–water partition coefficient (Wildman–Crippen LogP) is 6.83. The summed E-state index contributed by atoms with van der Waals surface area (Å²) in [6, 6.07) is 22.5. The van der Waals surface area contributed by atoms with Crippen LogP contribution in [0.1, 0.15) is 40.2 Å². The molecule has 3 aromatic rings. The standard InChI is InChI=1S/C24H29N/c1-17(2)25(24(4,5)6)23-15-14-18(3)16-22(23)21-13-9-11-19-10-7-8-12-20(19)21/h7-17H,1-6H3. The van der Waals surface area contributed by atoms with Crippen molar-refractivity contribution in [2.75, 3.05) is 4.90 Å². The summed E-state index contributed by atoms with van der Waals surface area (Å²) in [5.41, 5.74) is 5.30. The minimum atomic E-state index is 0.0583. The number of fused-ring (bicyclic) bond motifs is 1. The van der Waals surface area contributed by atoms with Gasteiger partial charge >= 0.3 is 0 Å². The molecule has 3 aromatic carbocycles. The number of nitrogens with zero attached hydrogens (tertiary/aromatic N) is 1. The second kappa shape index (κ2) is 6.55. The minimum absolute atomic E-state index is 0.0583. The maximum absolute atomic E-state index is 2.53. The Kier molecular flexibility index (Phi) is 4.60. The van der Waals surface area contributed by atoms with Crippen molar-refractivity contribution in [2.45, 2.75) is 53.1 Å². The monoisotopic (exact) mass is 331 g/mol. The van der Waals surface area contributed by atoms with Crippen LogP contribution in [0.3, 0.4) is 0 Å². The fourth-order valence-electron chi connectivity index (χ4n) is 3.95. The molecule has 0 aromatic heterocycles. The normalized spacial score (nSPS) is 12.0. The van der Waals surface area contributed by atoms with E-state index in [0.717, 1.165) is 0 Å². The van der Waals surface area contributed by atoms with Crippen LogP contribution in [0.4, 0.5) is 5.69 Å². The van der Waals surface area contributed by atoms with E-state index < -0.39 is 0 Å². The van der Waals surface area contributed by atoms with E-state index in [9.17, 15) is 0 Å². The van der Waals surface area contributed by atoms with E-state index in [1.54, 1.807) is 0 Å². The average Bonchev–Trinajstić information content (AvgIpc) is 2.54. The Balaban J connectivity index is 2.31. The van der Waals surface area contributed by atoms with Crippen molar-refractivity contribution >= 4 is 16.5 Å². The molecule has 1 nitrogen and oxygen atoms in total. The highest BCUT2D eigenvalue weighted by Crippen LogP contribution is 2.39. The van der Waals surface area contributed by atoms with E-state index >= 15 is 0 Å². The molecular weight excluding hydrogens is 302 g/mol. The summed E-state index contributed by atoms with van der Waals surface area (Å²) in [6.07, 6.45) is 0. The van der Waals surface area contributed by atoms with Gasteiger partial charge in [-0.3, -0.25) is 0 Å². The van der Waals surface area contributed by atoms with Crippen LogP contribution in [-0.4, -0.2) is 11.6 Å². The summed E-state index contributed by atoms with van der Waals surface area (Å²) in [7, 11) is 0. The molecule has 0 saturated heterocycles. The quantitative estimate of drug-likeness (QED) is 0.508. The summed E-state index contributed by atoms with van der Waals surface area (Å²) >= 11 is 0. The zero-order valence-electron chi connectivity index (χ0n) is 16.3. The molecule has 3 rings (SSSR count). The maximum Gasteiger partial charge on any atom is 0.0452 e. The smallest absolute Gasteiger partial charge is 0.0452 e. The highest BCUT2D eigenvalue weighted by molar-refractivity contribution is 5.99. The highest BCUT2D eigenvalue weighted by Gasteiger charge is 2.26. The van der Waals surface area contributed by atoms with Gasteiger partial charge in [0.2, 0.25) is 0 Å². The molecule has 0 saturated carbocycles. The zero-order valence-corrected chi connectivity index (χ0v) is 16.3. The van der Waals surface area contributed by atoms with Gasteiger partial charge in [-0.1, -0.05) is 54.1 Å². The van der Waals surface area contributed by atoms with Crippen LogP contribution >= 0.6 is 0 Å². The van der Waals surface area contributed by atoms with E-state index in [1.807, 2.05) is 0 Å². The van der Waals surface area contributed by atoms with Crippen LogP contribution in [0.2, 0.25) is 0 Å². The number of rotatable bonds is 3. The SMILES string of the molecule is Cc1ccc(N(C(C)C)C(C)(C)C)c(-c2cccc3ccccc23)c1. The zero-order chi connectivity index (χ0) is 18.2. The van der Waals surface area contributed by atoms with Gasteiger partial charge in [0, 0.05) is 22.8 Å². The molecule has 0 aliphatic carbocycles. The van der Waals surface area contributed by atoms with Gasteiger partial charge in [-0.05, 0) is 70.0 Å². The first kappa shape index (κ1) is 17.5. The van der Waals surface area contributed by atoms with Gasteiger partial charge in [0.15, 0.2) is 0 Å². The maximum atomic E-state index is 2.53. The Morgan fingerprint density at radius 1 is 0.800 bits per heavy atom. The summed E-state index contributed by atoms with van der Waals surface area (Å²) < 4.78 is 0. The molecule has 0 fully saturated rings. The molecule has 0 amide bonds. The van der Waals surface area contributed by atoms with Gasteiger partial charge in [0.1, 0.15) is 0 Å². The Morgan fingerprint density at radius 3 is 2.16 bits per heavy atom. The number of aryl methyl sites for hydroxylation is 1. The summed E-state index contributed by atoms with van der Waals surface area (Å²) in [5, 5.41) is 2.61. The van der Waals surface area contributed by atoms with Gasteiger partial charge in [-0.2, -0.15) is 0 Å². The van der Waals surface area contributed by atoms with Crippen LogP contribution in [0.5, 0.6) is 0 Å². The van der Waals surface area contributed by atoms with E-state index in [4.69, 9.17) is 0 Å². The Labute approximate surface area is 152 Å². The molecule has 0 atom stereocenters. The fourth-order valence-corrected chi connectivity index (χ4v) is 3.95. The van der Waals surface area contributed by atoms with E-state index in [-0.39, 0.29) is 5.54 Å². The lowest BCUT2D eigenvalue weighted by Crippen LogP contribution is -2.46. The van der Waals surface area contributed by atoms with Crippen LogP contribution in [0, 0.1) is 6.92 Å². The minimum Gasteiger partial charge on any atom is -0.364 e. The van der Waals surface area contributed by atoms with Crippen LogP contribution < -0.4 is 4.90 Å². The van der Waals surface area contributed by atoms with Crippen molar-refractivity contribution in [1.82, 2.24) is 0 Å². The molecular formula is C24H29N. The number of benzene rings is 3. The van der Waals surface area contributed by atoms with Crippen molar-refractivity contribution in [3.63, 3.8) is 0 Å². The van der Waals surface area contributed by atoms with Gasteiger partial charge in [-0.25, -0.2) is 0 Å². The van der Waals surface area contributed by atoms with Gasteiger partial charge in [0.05, 0.1) is 0 Å².